The number of aryl methyl sites for hydroxylation is 1. The number of thiophene rings is 1. The smallest absolute Gasteiger partial charge is 0.348 e. The number of nitrogens with zero attached hydrogens (tertiary/aromatic N) is 1. The van der Waals surface area contributed by atoms with Crippen molar-refractivity contribution < 1.29 is 19.1 Å². The van der Waals surface area contributed by atoms with Crippen molar-refractivity contribution in [1.82, 2.24) is 4.90 Å². The second-order valence-electron chi connectivity index (χ2n) is 9.00. The summed E-state index contributed by atoms with van der Waals surface area (Å²) in [6.07, 6.45) is 4.29. The first-order chi connectivity index (χ1) is 13.1. The fourth-order valence-corrected chi connectivity index (χ4v) is 5.17. The van der Waals surface area contributed by atoms with E-state index in [9.17, 15) is 14.4 Å². The maximum atomic E-state index is 12.4. The van der Waals surface area contributed by atoms with Crippen molar-refractivity contribution >= 4 is 29.1 Å². The first-order valence-electron chi connectivity index (χ1n) is 10.0. The summed E-state index contributed by atoms with van der Waals surface area (Å²) in [5, 5.41) is 0. The lowest BCUT2D eigenvalue weighted by Gasteiger charge is -2.33. The van der Waals surface area contributed by atoms with Crippen molar-refractivity contribution in [2.45, 2.75) is 52.9 Å². The van der Waals surface area contributed by atoms with Gasteiger partial charge in [0, 0.05) is 23.9 Å². The molecule has 2 amide bonds. The van der Waals surface area contributed by atoms with Crippen LogP contribution in [0.1, 0.15) is 60.1 Å². The molecule has 2 heterocycles. The van der Waals surface area contributed by atoms with E-state index in [2.05, 4.69) is 20.8 Å². The maximum Gasteiger partial charge on any atom is 0.348 e. The third-order valence-electron chi connectivity index (χ3n) is 6.09. The number of hydrogen-bond acceptors (Lipinski definition) is 5. The Balaban J connectivity index is 1.52. The number of hydrogen-bond donors (Lipinski definition) is 1. The largest absolute Gasteiger partial charge is 0.451 e. The van der Waals surface area contributed by atoms with Crippen molar-refractivity contribution in [2.24, 2.45) is 23.0 Å². The summed E-state index contributed by atoms with van der Waals surface area (Å²) >= 11 is 1.50. The molecule has 6 nitrogen and oxygen atoms in total. The number of esters is 1. The van der Waals surface area contributed by atoms with E-state index >= 15 is 0 Å². The Morgan fingerprint density at radius 3 is 2.50 bits per heavy atom. The van der Waals surface area contributed by atoms with Gasteiger partial charge in [-0.25, -0.2) is 4.79 Å². The standard InChI is InChI=1S/C21H30N2O4S/c1-21(2,3)15-4-5-16-14(10-15)11-17(28-16)20(26)27-12-18(24)23-8-6-13(7-9-23)19(22)25/h11,13,15H,4-10,12H2,1-3H3,(H2,22,25)/t15-/m1/s1. The zero-order valence-corrected chi connectivity index (χ0v) is 17.8. The minimum atomic E-state index is -0.424. The number of amides is 2. The maximum absolute atomic E-state index is 12.4. The molecule has 3 rings (SSSR count). The Morgan fingerprint density at radius 1 is 1.21 bits per heavy atom. The number of carbonyl (C=O) groups excluding carboxylic acids is 3. The Morgan fingerprint density at radius 2 is 1.89 bits per heavy atom. The highest BCUT2D eigenvalue weighted by molar-refractivity contribution is 7.14. The van der Waals surface area contributed by atoms with Gasteiger partial charge in [0.1, 0.15) is 4.88 Å². The van der Waals surface area contributed by atoms with Gasteiger partial charge in [-0.15, -0.1) is 11.3 Å². The van der Waals surface area contributed by atoms with Crippen LogP contribution in [0.15, 0.2) is 6.07 Å². The van der Waals surface area contributed by atoms with Crippen LogP contribution >= 0.6 is 11.3 Å². The average Bonchev–Trinajstić information content (AvgIpc) is 3.08. The molecule has 1 aliphatic carbocycles. The summed E-state index contributed by atoms with van der Waals surface area (Å²) in [6, 6.07) is 1.95. The van der Waals surface area contributed by atoms with Gasteiger partial charge in [0.2, 0.25) is 5.91 Å². The van der Waals surface area contributed by atoms with Gasteiger partial charge in [-0.1, -0.05) is 20.8 Å². The van der Waals surface area contributed by atoms with Crippen LogP contribution in [0, 0.1) is 17.3 Å². The van der Waals surface area contributed by atoms with Crippen molar-refractivity contribution in [1.29, 1.82) is 0 Å². The van der Waals surface area contributed by atoms with E-state index in [1.807, 2.05) is 6.07 Å². The Bertz CT molecular complexity index is 757. The second kappa shape index (κ2) is 8.23. The third-order valence-corrected chi connectivity index (χ3v) is 7.30. The van der Waals surface area contributed by atoms with Gasteiger partial charge in [-0.3, -0.25) is 9.59 Å². The molecule has 1 fully saturated rings. The molecule has 7 heteroatoms. The van der Waals surface area contributed by atoms with Gasteiger partial charge in [0.15, 0.2) is 6.61 Å². The van der Waals surface area contributed by atoms with E-state index in [0.29, 0.717) is 36.7 Å². The second-order valence-corrected chi connectivity index (χ2v) is 10.1. The van der Waals surface area contributed by atoms with Gasteiger partial charge < -0.3 is 15.4 Å². The van der Waals surface area contributed by atoms with Gasteiger partial charge >= 0.3 is 5.97 Å². The number of likely N-dealkylation sites (tertiary alicyclic amines) is 1. The zero-order chi connectivity index (χ0) is 20.5. The molecule has 1 aromatic heterocycles. The molecule has 1 atom stereocenters. The van der Waals surface area contributed by atoms with E-state index in [4.69, 9.17) is 10.5 Å². The predicted octanol–water partition coefficient (Wildman–Crippen LogP) is 2.78. The fraction of sp³-hybridized carbons (Fsp3) is 0.667. The lowest BCUT2D eigenvalue weighted by Crippen LogP contribution is -2.43. The van der Waals surface area contributed by atoms with E-state index in [-0.39, 0.29) is 29.8 Å². The molecular weight excluding hydrogens is 376 g/mol. The molecular formula is C21H30N2O4S. The molecule has 2 aliphatic rings. The normalized spacial score (nSPS) is 20.5. The molecule has 0 aromatic carbocycles. The van der Waals surface area contributed by atoms with Gasteiger partial charge in [0.05, 0.1) is 0 Å². The SMILES string of the molecule is CC(C)(C)[C@@H]1CCc2sc(C(=O)OCC(=O)N3CCC(C(N)=O)CC3)cc2C1. The Hall–Kier alpha value is -1.89. The summed E-state index contributed by atoms with van der Waals surface area (Å²) < 4.78 is 5.28. The fourth-order valence-electron chi connectivity index (χ4n) is 4.07. The molecule has 1 saturated heterocycles. The van der Waals surface area contributed by atoms with Gasteiger partial charge in [0.25, 0.3) is 5.91 Å². The Kier molecular flexibility index (Phi) is 6.12. The third kappa shape index (κ3) is 4.74. The number of nitrogens with two attached hydrogens (primary N) is 1. The number of rotatable bonds is 4. The molecule has 0 bridgehead atoms. The lowest BCUT2D eigenvalue weighted by atomic mass is 9.72. The number of carbonyl (C=O) groups is 3. The first kappa shape index (κ1) is 20.8. The minimum Gasteiger partial charge on any atom is -0.451 e. The molecule has 0 spiro atoms. The summed E-state index contributed by atoms with van der Waals surface area (Å²) in [6.45, 7) is 7.50. The summed E-state index contributed by atoms with van der Waals surface area (Å²) in [4.78, 5) is 39.4. The van der Waals surface area contributed by atoms with Crippen LogP contribution < -0.4 is 5.73 Å². The molecule has 1 aliphatic heterocycles. The zero-order valence-electron chi connectivity index (χ0n) is 17.0. The van der Waals surface area contributed by atoms with Gasteiger partial charge in [-0.05, 0) is 55.1 Å². The highest BCUT2D eigenvalue weighted by Gasteiger charge is 2.31. The van der Waals surface area contributed by atoms with Crippen LogP contribution in [-0.4, -0.2) is 42.4 Å². The molecule has 1 aromatic rings. The predicted molar refractivity (Wildman–Crippen MR) is 108 cm³/mol. The number of fused-ring (bicyclic) bond motifs is 1. The highest BCUT2D eigenvalue weighted by Crippen LogP contribution is 2.40. The van der Waals surface area contributed by atoms with Crippen molar-refractivity contribution in [3.05, 3.63) is 21.4 Å². The molecule has 0 saturated carbocycles. The minimum absolute atomic E-state index is 0.166. The van der Waals surface area contributed by atoms with Crippen LogP contribution in [-0.2, 0) is 27.2 Å². The number of primary amides is 1. The van der Waals surface area contributed by atoms with Crippen LogP contribution in [0.4, 0.5) is 0 Å². The van der Waals surface area contributed by atoms with Gasteiger partial charge in [-0.2, -0.15) is 0 Å². The monoisotopic (exact) mass is 406 g/mol. The molecule has 28 heavy (non-hydrogen) atoms. The van der Waals surface area contributed by atoms with E-state index < -0.39 is 5.97 Å². The average molecular weight is 407 g/mol. The number of ether oxygens (including phenoxy) is 1. The molecule has 154 valence electrons. The molecule has 0 radical (unpaired) electrons. The summed E-state index contributed by atoms with van der Waals surface area (Å²) in [5.74, 6) is -0.504. The van der Waals surface area contributed by atoms with Crippen LogP contribution in [0.2, 0.25) is 0 Å². The topological polar surface area (TPSA) is 89.7 Å². The molecule has 2 N–H and O–H groups in total. The van der Waals surface area contributed by atoms with E-state index in [1.54, 1.807) is 4.90 Å². The van der Waals surface area contributed by atoms with E-state index in [0.717, 1.165) is 19.3 Å². The van der Waals surface area contributed by atoms with E-state index in [1.165, 1.54) is 21.8 Å². The first-order valence-corrected chi connectivity index (χ1v) is 10.8. The summed E-state index contributed by atoms with van der Waals surface area (Å²) in [7, 11) is 0. The van der Waals surface area contributed by atoms with Crippen molar-refractivity contribution in [3.8, 4) is 0 Å². The lowest BCUT2D eigenvalue weighted by molar-refractivity contribution is -0.137. The quantitative estimate of drug-likeness (QED) is 0.779. The number of piperidine rings is 1. The van der Waals surface area contributed by atoms with Crippen molar-refractivity contribution in [2.75, 3.05) is 19.7 Å². The summed E-state index contributed by atoms with van der Waals surface area (Å²) in [5.41, 5.74) is 6.83. The van der Waals surface area contributed by atoms with Crippen LogP contribution in [0.3, 0.4) is 0 Å². The molecule has 0 unspecified atom stereocenters. The highest BCUT2D eigenvalue weighted by atomic mass is 32.1. The Labute approximate surface area is 170 Å². The van der Waals surface area contributed by atoms with Crippen LogP contribution in [0.5, 0.6) is 0 Å². The van der Waals surface area contributed by atoms with Crippen LogP contribution in [0.25, 0.3) is 0 Å². The van der Waals surface area contributed by atoms with Crippen molar-refractivity contribution in [3.63, 3.8) is 0 Å².